The van der Waals surface area contributed by atoms with E-state index in [1.54, 1.807) is 13.1 Å². The summed E-state index contributed by atoms with van der Waals surface area (Å²) in [6.07, 6.45) is 5.60. The van der Waals surface area contributed by atoms with E-state index in [9.17, 15) is 4.79 Å². The maximum absolute atomic E-state index is 12.4. The highest BCUT2D eigenvalue weighted by molar-refractivity contribution is 6.05. The van der Waals surface area contributed by atoms with Crippen molar-refractivity contribution in [2.75, 3.05) is 36.4 Å². The molecule has 33 heavy (non-hydrogen) atoms. The maximum atomic E-state index is 12.4. The van der Waals surface area contributed by atoms with Gasteiger partial charge in [-0.05, 0) is 37.5 Å². The van der Waals surface area contributed by atoms with Gasteiger partial charge < -0.3 is 15.5 Å². The van der Waals surface area contributed by atoms with Crippen molar-refractivity contribution in [3.63, 3.8) is 0 Å². The first-order valence-corrected chi connectivity index (χ1v) is 11.3. The van der Waals surface area contributed by atoms with Crippen molar-refractivity contribution in [3.05, 3.63) is 47.5 Å². The third kappa shape index (κ3) is 3.89. The summed E-state index contributed by atoms with van der Waals surface area (Å²) in [6, 6.07) is 4.01. The lowest BCUT2D eigenvalue weighted by molar-refractivity contribution is 0.101. The van der Waals surface area contributed by atoms with Crippen LogP contribution in [-0.2, 0) is 0 Å². The molecule has 1 saturated heterocycles. The van der Waals surface area contributed by atoms with Gasteiger partial charge in [-0.1, -0.05) is 13.8 Å². The number of aryl methyl sites for hydroxylation is 1. The summed E-state index contributed by atoms with van der Waals surface area (Å²) < 4.78 is 1.90. The van der Waals surface area contributed by atoms with Gasteiger partial charge in [0.05, 0.1) is 23.1 Å². The van der Waals surface area contributed by atoms with E-state index in [2.05, 4.69) is 45.4 Å². The van der Waals surface area contributed by atoms with Crippen molar-refractivity contribution in [2.45, 2.75) is 33.6 Å². The van der Waals surface area contributed by atoms with Crippen LogP contribution in [0.3, 0.4) is 0 Å². The molecule has 170 valence electrons. The van der Waals surface area contributed by atoms with Crippen LogP contribution in [0.4, 0.5) is 17.5 Å². The molecule has 5 rings (SSSR count). The number of anilines is 3. The van der Waals surface area contributed by atoms with Crippen molar-refractivity contribution >= 4 is 39.9 Å². The summed E-state index contributed by atoms with van der Waals surface area (Å²) in [4.78, 5) is 33.3. The number of piperazine rings is 1. The number of fused-ring (bicyclic) bond motifs is 3. The number of Topliss-reactive ketones (excluding diaryl/α,β-unsaturated/α-hetero) is 1. The monoisotopic (exact) mass is 444 g/mol. The molecule has 2 N–H and O–H groups in total. The number of rotatable bonds is 5. The Morgan fingerprint density at radius 3 is 2.55 bits per heavy atom. The molecule has 4 aromatic heterocycles. The number of nitrogens with zero attached hydrogens (tertiary/aromatic N) is 6. The van der Waals surface area contributed by atoms with Gasteiger partial charge in [-0.2, -0.15) is 4.98 Å². The molecule has 9 heteroatoms. The van der Waals surface area contributed by atoms with Gasteiger partial charge in [0.1, 0.15) is 11.5 Å². The molecule has 0 amide bonds. The first kappa shape index (κ1) is 21.3. The second kappa shape index (κ2) is 8.40. The number of pyridine rings is 2. The van der Waals surface area contributed by atoms with Gasteiger partial charge in [-0.25, -0.2) is 15.0 Å². The highest BCUT2D eigenvalue weighted by atomic mass is 16.1. The van der Waals surface area contributed by atoms with E-state index in [0.717, 1.165) is 48.5 Å². The highest BCUT2D eigenvalue weighted by Gasteiger charge is 2.20. The average molecular weight is 445 g/mol. The van der Waals surface area contributed by atoms with Crippen molar-refractivity contribution < 1.29 is 4.79 Å². The van der Waals surface area contributed by atoms with Crippen LogP contribution in [0.25, 0.3) is 16.7 Å². The zero-order chi connectivity index (χ0) is 23.1. The second-order valence-electron chi connectivity index (χ2n) is 8.76. The van der Waals surface area contributed by atoms with Crippen LogP contribution in [-0.4, -0.2) is 56.3 Å². The van der Waals surface area contributed by atoms with Gasteiger partial charge >= 0.3 is 0 Å². The van der Waals surface area contributed by atoms with E-state index < -0.39 is 0 Å². The number of ketones is 1. The smallest absolute Gasteiger partial charge is 0.230 e. The summed E-state index contributed by atoms with van der Waals surface area (Å²) >= 11 is 0. The predicted octanol–water partition coefficient (Wildman–Crippen LogP) is 3.46. The fourth-order valence-corrected chi connectivity index (χ4v) is 4.30. The minimum Gasteiger partial charge on any atom is -0.368 e. The fraction of sp³-hybridized carbons (Fsp3) is 0.375. The molecular weight excluding hydrogens is 416 g/mol. The molecule has 1 fully saturated rings. The average Bonchev–Trinajstić information content (AvgIpc) is 3.26. The fourth-order valence-electron chi connectivity index (χ4n) is 4.30. The number of carbonyl (C=O) groups is 1. The molecule has 9 nitrogen and oxygen atoms in total. The third-order valence-corrected chi connectivity index (χ3v) is 6.14. The minimum absolute atomic E-state index is 0.0173. The first-order chi connectivity index (χ1) is 15.9. The Bertz CT molecular complexity index is 1340. The molecule has 4 aromatic rings. The number of hydrogen-bond acceptors (Lipinski definition) is 8. The van der Waals surface area contributed by atoms with E-state index in [4.69, 9.17) is 9.97 Å². The van der Waals surface area contributed by atoms with Crippen LogP contribution < -0.4 is 15.5 Å². The zero-order valence-electron chi connectivity index (χ0n) is 19.4. The number of nitrogens with one attached hydrogen (secondary N) is 2. The molecule has 0 bridgehead atoms. The molecule has 0 saturated carbocycles. The Morgan fingerprint density at radius 1 is 1.09 bits per heavy atom. The van der Waals surface area contributed by atoms with Crippen molar-refractivity contribution in [2.24, 2.45) is 0 Å². The van der Waals surface area contributed by atoms with Crippen LogP contribution in [0.2, 0.25) is 0 Å². The SMILES string of the molecule is CC(=O)c1c(C)c2cnc(Nc3ccc(N4CCNCC4)cn3)nc2n2cc(C(C)C)nc12. The molecule has 0 aliphatic carbocycles. The number of aromatic nitrogens is 5. The maximum Gasteiger partial charge on any atom is 0.230 e. The lowest BCUT2D eigenvalue weighted by Gasteiger charge is -2.29. The molecule has 0 atom stereocenters. The lowest BCUT2D eigenvalue weighted by Crippen LogP contribution is -2.43. The van der Waals surface area contributed by atoms with Crippen LogP contribution in [0.1, 0.15) is 48.3 Å². The van der Waals surface area contributed by atoms with E-state index in [-0.39, 0.29) is 11.7 Å². The molecule has 0 spiro atoms. The van der Waals surface area contributed by atoms with Crippen LogP contribution >= 0.6 is 0 Å². The van der Waals surface area contributed by atoms with Crippen molar-refractivity contribution in [3.8, 4) is 0 Å². The van der Waals surface area contributed by atoms with Gasteiger partial charge in [0.25, 0.3) is 0 Å². The van der Waals surface area contributed by atoms with Gasteiger partial charge in [0.2, 0.25) is 5.95 Å². The summed E-state index contributed by atoms with van der Waals surface area (Å²) in [6.45, 7) is 11.6. The topological polar surface area (TPSA) is 100 Å². The van der Waals surface area contributed by atoms with E-state index >= 15 is 0 Å². The van der Waals surface area contributed by atoms with Crippen molar-refractivity contribution in [1.82, 2.24) is 29.7 Å². The van der Waals surface area contributed by atoms with E-state index in [1.165, 1.54) is 0 Å². The molecule has 5 heterocycles. The standard InChI is InChI=1S/C24H28N8O/c1-14(2)19-13-32-22-18(15(3)21(16(4)33)23(32)28-19)12-27-24(30-22)29-20-6-5-17(11-26-20)31-9-7-25-8-10-31/h5-6,11-14,25H,7-10H2,1-4H3,(H,26,27,29,30). The largest absolute Gasteiger partial charge is 0.368 e. The Balaban J connectivity index is 1.53. The number of hydrogen-bond donors (Lipinski definition) is 2. The number of carbonyl (C=O) groups excluding carboxylic acids is 1. The zero-order valence-corrected chi connectivity index (χ0v) is 19.4. The molecule has 0 radical (unpaired) electrons. The van der Waals surface area contributed by atoms with Gasteiger partial charge in [-0.3, -0.25) is 9.20 Å². The first-order valence-electron chi connectivity index (χ1n) is 11.3. The second-order valence-corrected chi connectivity index (χ2v) is 8.76. The summed E-state index contributed by atoms with van der Waals surface area (Å²) in [5, 5.41) is 7.40. The summed E-state index contributed by atoms with van der Waals surface area (Å²) in [5.74, 6) is 1.34. The van der Waals surface area contributed by atoms with Crippen LogP contribution in [0.15, 0.2) is 30.7 Å². The summed E-state index contributed by atoms with van der Waals surface area (Å²) in [7, 11) is 0. The van der Waals surface area contributed by atoms with Crippen LogP contribution in [0.5, 0.6) is 0 Å². The van der Waals surface area contributed by atoms with Crippen molar-refractivity contribution in [1.29, 1.82) is 0 Å². The Kier molecular flexibility index (Phi) is 5.41. The normalized spacial score (nSPS) is 14.4. The van der Waals surface area contributed by atoms with E-state index in [0.29, 0.717) is 28.6 Å². The quantitative estimate of drug-likeness (QED) is 0.452. The highest BCUT2D eigenvalue weighted by Crippen LogP contribution is 2.28. The van der Waals surface area contributed by atoms with E-state index in [1.807, 2.05) is 29.8 Å². The number of imidazole rings is 1. The van der Waals surface area contributed by atoms with Gasteiger partial charge in [0.15, 0.2) is 11.4 Å². The Labute approximate surface area is 192 Å². The molecule has 1 aliphatic rings. The Hall–Kier alpha value is -3.59. The molecule has 1 aliphatic heterocycles. The third-order valence-electron chi connectivity index (χ3n) is 6.14. The van der Waals surface area contributed by atoms with Gasteiger partial charge in [-0.15, -0.1) is 0 Å². The molecular formula is C24H28N8O. The minimum atomic E-state index is -0.0173. The molecule has 0 unspecified atom stereocenters. The lowest BCUT2D eigenvalue weighted by atomic mass is 10.0. The van der Waals surface area contributed by atoms with Crippen LogP contribution in [0, 0.1) is 6.92 Å². The molecule has 0 aromatic carbocycles. The Morgan fingerprint density at radius 2 is 1.88 bits per heavy atom. The summed E-state index contributed by atoms with van der Waals surface area (Å²) in [5.41, 5.74) is 4.83. The predicted molar refractivity (Wildman–Crippen MR) is 130 cm³/mol. The van der Waals surface area contributed by atoms with Gasteiger partial charge in [0, 0.05) is 44.0 Å².